The highest BCUT2D eigenvalue weighted by atomic mass is 16.5. The predicted octanol–water partition coefficient (Wildman–Crippen LogP) is 4.56. The Bertz CT molecular complexity index is 400. The minimum atomic E-state index is 0.438. The summed E-state index contributed by atoms with van der Waals surface area (Å²) < 4.78 is 5.14. The number of aryl methyl sites for hydroxylation is 1. The zero-order chi connectivity index (χ0) is 14.2. The van der Waals surface area contributed by atoms with Gasteiger partial charge in [-0.05, 0) is 30.0 Å². The van der Waals surface area contributed by atoms with Crippen LogP contribution in [0, 0.1) is 5.92 Å². The van der Waals surface area contributed by atoms with Crippen molar-refractivity contribution in [1.29, 1.82) is 0 Å². The minimum absolute atomic E-state index is 0.438. The molecule has 20 heavy (non-hydrogen) atoms. The maximum Gasteiger partial charge on any atom is 0.133 e. The second kappa shape index (κ2) is 8.08. The summed E-state index contributed by atoms with van der Waals surface area (Å²) in [5, 5.41) is 0. The summed E-state index contributed by atoms with van der Waals surface area (Å²) in [5.41, 5.74) is 1.22. The van der Waals surface area contributed by atoms with Crippen molar-refractivity contribution in [3.05, 3.63) is 29.8 Å². The van der Waals surface area contributed by atoms with Crippen LogP contribution in [0.5, 0.6) is 5.75 Å². The summed E-state index contributed by atoms with van der Waals surface area (Å²) >= 11 is 0. The van der Waals surface area contributed by atoms with Gasteiger partial charge in [0.2, 0.25) is 0 Å². The van der Waals surface area contributed by atoms with Gasteiger partial charge in [-0.25, -0.2) is 0 Å². The van der Waals surface area contributed by atoms with Gasteiger partial charge in [0, 0.05) is 12.8 Å². The van der Waals surface area contributed by atoms with Gasteiger partial charge >= 0.3 is 0 Å². The van der Waals surface area contributed by atoms with E-state index in [2.05, 4.69) is 12.1 Å². The maximum atomic E-state index is 12.1. The fraction of sp³-hybridized carbons (Fsp3) is 0.611. The third-order valence-electron chi connectivity index (χ3n) is 4.34. The van der Waals surface area contributed by atoms with Gasteiger partial charge in [-0.1, -0.05) is 50.7 Å². The molecule has 110 valence electrons. The smallest absolute Gasteiger partial charge is 0.133 e. The van der Waals surface area contributed by atoms with Crippen LogP contribution in [0.3, 0.4) is 0 Å². The van der Waals surface area contributed by atoms with E-state index >= 15 is 0 Å². The first kappa shape index (κ1) is 15.1. The molecular weight excluding hydrogens is 248 g/mol. The molecule has 0 bridgehead atoms. The first-order valence-corrected chi connectivity index (χ1v) is 7.92. The number of hydrogen-bond acceptors (Lipinski definition) is 2. The molecule has 1 aliphatic carbocycles. The topological polar surface area (TPSA) is 26.3 Å². The fourth-order valence-corrected chi connectivity index (χ4v) is 3.07. The highest BCUT2D eigenvalue weighted by Gasteiger charge is 2.15. The van der Waals surface area contributed by atoms with Crippen molar-refractivity contribution in [2.75, 3.05) is 7.11 Å². The van der Waals surface area contributed by atoms with Crippen molar-refractivity contribution in [1.82, 2.24) is 0 Å². The van der Waals surface area contributed by atoms with Crippen molar-refractivity contribution in [3.8, 4) is 5.75 Å². The number of Topliss-reactive ketones (excluding diaryl/α,β-unsaturated/α-hetero) is 1. The molecule has 0 spiro atoms. The normalized spacial score (nSPS) is 16.6. The lowest BCUT2D eigenvalue weighted by atomic mass is 9.92. The summed E-state index contributed by atoms with van der Waals surface area (Å²) in [4.78, 5) is 12.1. The lowest BCUT2D eigenvalue weighted by molar-refractivity contribution is -0.120. The Morgan fingerprint density at radius 3 is 2.35 bits per heavy atom. The standard InChI is InChI=1S/C18H26O2/c1-20-18-12-9-15(10-13-18)8-11-17(19)14-16-6-4-2-3-5-7-16/h9-10,12-13,16H,2-8,11,14H2,1H3. The molecule has 2 rings (SSSR count). The molecule has 0 aliphatic heterocycles. The highest BCUT2D eigenvalue weighted by molar-refractivity contribution is 5.78. The number of ketones is 1. The van der Waals surface area contributed by atoms with Crippen LogP contribution < -0.4 is 4.74 Å². The molecule has 0 amide bonds. The summed E-state index contributed by atoms with van der Waals surface area (Å²) in [5.74, 6) is 1.96. The van der Waals surface area contributed by atoms with E-state index in [0.717, 1.165) is 18.6 Å². The quantitative estimate of drug-likeness (QED) is 0.711. The molecule has 0 radical (unpaired) electrons. The van der Waals surface area contributed by atoms with E-state index in [1.54, 1.807) is 7.11 Å². The Hall–Kier alpha value is -1.31. The van der Waals surface area contributed by atoms with Crippen LogP contribution in [0.2, 0.25) is 0 Å². The van der Waals surface area contributed by atoms with Gasteiger partial charge in [0.15, 0.2) is 0 Å². The van der Waals surface area contributed by atoms with Crippen molar-refractivity contribution < 1.29 is 9.53 Å². The predicted molar refractivity (Wildman–Crippen MR) is 82.1 cm³/mol. The molecule has 0 saturated heterocycles. The molecule has 1 aromatic carbocycles. The number of benzene rings is 1. The summed E-state index contributed by atoms with van der Waals surface area (Å²) in [6.45, 7) is 0. The maximum absolute atomic E-state index is 12.1. The fourth-order valence-electron chi connectivity index (χ4n) is 3.07. The van der Waals surface area contributed by atoms with E-state index < -0.39 is 0 Å². The summed E-state index contributed by atoms with van der Waals surface area (Å²) in [7, 11) is 1.67. The van der Waals surface area contributed by atoms with Gasteiger partial charge in [-0.15, -0.1) is 0 Å². The van der Waals surface area contributed by atoms with Crippen LogP contribution >= 0.6 is 0 Å². The van der Waals surface area contributed by atoms with Crippen LogP contribution in [-0.2, 0) is 11.2 Å². The third kappa shape index (κ3) is 4.99. The van der Waals surface area contributed by atoms with E-state index in [1.807, 2.05) is 12.1 Å². The third-order valence-corrected chi connectivity index (χ3v) is 4.34. The molecule has 2 heteroatoms. The number of ether oxygens (including phenoxy) is 1. The minimum Gasteiger partial charge on any atom is -0.497 e. The number of carbonyl (C=O) groups excluding carboxylic acids is 1. The molecule has 1 fully saturated rings. The van der Waals surface area contributed by atoms with Gasteiger partial charge < -0.3 is 4.74 Å². The van der Waals surface area contributed by atoms with E-state index in [9.17, 15) is 4.79 Å². The number of hydrogen-bond donors (Lipinski definition) is 0. The first-order valence-electron chi connectivity index (χ1n) is 7.92. The van der Waals surface area contributed by atoms with Crippen LogP contribution in [-0.4, -0.2) is 12.9 Å². The molecule has 1 saturated carbocycles. The van der Waals surface area contributed by atoms with E-state index in [1.165, 1.54) is 44.1 Å². The van der Waals surface area contributed by atoms with Crippen LogP contribution in [0.1, 0.15) is 56.9 Å². The number of carbonyl (C=O) groups is 1. The molecule has 0 heterocycles. The van der Waals surface area contributed by atoms with Crippen LogP contribution in [0.4, 0.5) is 0 Å². The van der Waals surface area contributed by atoms with Crippen molar-refractivity contribution >= 4 is 5.78 Å². The lowest BCUT2D eigenvalue weighted by Gasteiger charge is -2.12. The molecule has 0 N–H and O–H groups in total. The highest BCUT2D eigenvalue weighted by Crippen LogP contribution is 2.26. The molecule has 0 unspecified atom stereocenters. The van der Waals surface area contributed by atoms with Gasteiger partial charge in [0.1, 0.15) is 11.5 Å². The average molecular weight is 274 g/mol. The molecule has 1 aliphatic rings. The first-order chi connectivity index (χ1) is 9.78. The summed E-state index contributed by atoms with van der Waals surface area (Å²) in [6.07, 6.45) is 10.2. The number of rotatable bonds is 6. The van der Waals surface area contributed by atoms with E-state index in [0.29, 0.717) is 18.1 Å². The van der Waals surface area contributed by atoms with Crippen LogP contribution in [0.15, 0.2) is 24.3 Å². The molecule has 1 aromatic rings. The van der Waals surface area contributed by atoms with Gasteiger partial charge in [-0.2, -0.15) is 0 Å². The van der Waals surface area contributed by atoms with Crippen molar-refractivity contribution in [2.24, 2.45) is 5.92 Å². The Balaban J connectivity index is 1.73. The lowest BCUT2D eigenvalue weighted by Crippen LogP contribution is -2.08. The van der Waals surface area contributed by atoms with Gasteiger partial charge in [0.25, 0.3) is 0 Å². The second-order valence-electron chi connectivity index (χ2n) is 5.95. The molecule has 2 nitrogen and oxygen atoms in total. The SMILES string of the molecule is COc1ccc(CCC(=O)CC2CCCCCC2)cc1. The van der Waals surface area contributed by atoms with Gasteiger partial charge in [-0.3, -0.25) is 4.79 Å². The molecule has 0 atom stereocenters. The Morgan fingerprint density at radius 1 is 1.10 bits per heavy atom. The second-order valence-corrected chi connectivity index (χ2v) is 5.95. The average Bonchev–Trinajstić information content (AvgIpc) is 2.74. The largest absolute Gasteiger partial charge is 0.497 e. The van der Waals surface area contributed by atoms with E-state index in [-0.39, 0.29) is 0 Å². The Labute approximate surface area is 122 Å². The molecular formula is C18H26O2. The monoisotopic (exact) mass is 274 g/mol. The Morgan fingerprint density at radius 2 is 1.75 bits per heavy atom. The Kier molecular flexibility index (Phi) is 6.10. The number of methoxy groups -OCH3 is 1. The van der Waals surface area contributed by atoms with Gasteiger partial charge in [0.05, 0.1) is 7.11 Å². The van der Waals surface area contributed by atoms with Crippen molar-refractivity contribution in [3.63, 3.8) is 0 Å². The summed E-state index contributed by atoms with van der Waals surface area (Å²) in [6, 6.07) is 8.03. The van der Waals surface area contributed by atoms with Crippen molar-refractivity contribution in [2.45, 2.75) is 57.8 Å². The van der Waals surface area contributed by atoms with E-state index in [4.69, 9.17) is 4.74 Å². The molecule has 0 aromatic heterocycles. The zero-order valence-corrected chi connectivity index (χ0v) is 12.6. The zero-order valence-electron chi connectivity index (χ0n) is 12.6. The van der Waals surface area contributed by atoms with Crippen LogP contribution in [0.25, 0.3) is 0 Å².